The van der Waals surface area contributed by atoms with E-state index in [1.165, 1.54) is 12.8 Å². The van der Waals surface area contributed by atoms with Crippen LogP contribution in [0.15, 0.2) is 0 Å². The fourth-order valence-electron chi connectivity index (χ4n) is 2.88. The van der Waals surface area contributed by atoms with Gasteiger partial charge in [0, 0.05) is 0 Å². The van der Waals surface area contributed by atoms with Crippen molar-refractivity contribution in [2.45, 2.75) is 46.1 Å². The van der Waals surface area contributed by atoms with Gasteiger partial charge in [0.1, 0.15) is 0 Å². The maximum atomic E-state index is 5.73. The van der Waals surface area contributed by atoms with Gasteiger partial charge in [0.05, 0.1) is 12.2 Å². The molecule has 1 saturated carbocycles. The molecule has 2 fully saturated rings. The summed E-state index contributed by atoms with van der Waals surface area (Å²) in [7, 11) is 0. The zero-order valence-corrected chi connectivity index (χ0v) is 8.68. The fraction of sp³-hybridized carbons (Fsp3) is 1.00. The molecule has 1 heterocycles. The molecule has 2 aliphatic rings. The van der Waals surface area contributed by atoms with Crippen LogP contribution >= 0.6 is 0 Å². The Morgan fingerprint density at radius 2 is 1.58 bits per heavy atom. The lowest BCUT2D eigenvalue weighted by Crippen LogP contribution is -2.47. The van der Waals surface area contributed by atoms with Crippen LogP contribution in [0.3, 0.4) is 0 Å². The first kappa shape index (κ1) is 8.55. The highest BCUT2D eigenvalue weighted by molar-refractivity contribution is 5.11. The standard InChI is InChI=1S/C11H20O/c1-8-5-6-9(2)11(7-12-11)10(8,3)4/h8-9H,5-7H2,1-4H3/t8-,9-,11+/m1/s1. The zero-order chi connectivity index (χ0) is 8.98. The fourth-order valence-corrected chi connectivity index (χ4v) is 2.88. The molecule has 1 nitrogen and oxygen atoms in total. The van der Waals surface area contributed by atoms with E-state index in [0.717, 1.165) is 18.4 Å². The third-order valence-corrected chi connectivity index (χ3v) is 4.61. The van der Waals surface area contributed by atoms with Crippen LogP contribution in [0.2, 0.25) is 0 Å². The lowest BCUT2D eigenvalue weighted by Gasteiger charge is -2.45. The van der Waals surface area contributed by atoms with Gasteiger partial charge in [0.2, 0.25) is 0 Å². The van der Waals surface area contributed by atoms with Gasteiger partial charge >= 0.3 is 0 Å². The molecule has 0 aromatic heterocycles. The van der Waals surface area contributed by atoms with Crippen molar-refractivity contribution in [3.63, 3.8) is 0 Å². The summed E-state index contributed by atoms with van der Waals surface area (Å²) in [6.07, 6.45) is 2.73. The van der Waals surface area contributed by atoms with Crippen LogP contribution in [-0.4, -0.2) is 12.2 Å². The second kappa shape index (κ2) is 2.25. The van der Waals surface area contributed by atoms with E-state index in [1.54, 1.807) is 0 Å². The Bertz CT molecular complexity index is 181. The van der Waals surface area contributed by atoms with Crippen molar-refractivity contribution < 1.29 is 4.74 Å². The van der Waals surface area contributed by atoms with Crippen LogP contribution in [0, 0.1) is 17.3 Å². The van der Waals surface area contributed by atoms with E-state index in [9.17, 15) is 0 Å². The molecule has 1 heteroatoms. The first-order valence-corrected chi connectivity index (χ1v) is 5.14. The molecule has 0 radical (unpaired) electrons. The molecule has 1 saturated heterocycles. The summed E-state index contributed by atoms with van der Waals surface area (Å²) in [5, 5.41) is 0. The van der Waals surface area contributed by atoms with Gasteiger partial charge in [-0.05, 0) is 30.1 Å². The lowest BCUT2D eigenvalue weighted by molar-refractivity contribution is -0.00473. The highest BCUT2D eigenvalue weighted by Gasteiger charge is 2.63. The van der Waals surface area contributed by atoms with Crippen LogP contribution < -0.4 is 0 Å². The van der Waals surface area contributed by atoms with Crippen LogP contribution in [0.4, 0.5) is 0 Å². The number of hydrogen-bond donors (Lipinski definition) is 0. The van der Waals surface area contributed by atoms with Crippen molar-refractivity contribution >= 4 is 0 Å². The molecule has 0 aromatic rings. The molecule has 70 valence electrons. The molecule has 0 N–H and O–H groups in total. The van der Waals surface area contributed by atoms with Crippen molar-refractivity contribution in [3.05, 3.63) is 0 Å². The lowest BCUT2D eigenvalue weighted by atomic mass is 9.59. The van der Waals surface area contributed by atoms with Crippen LogP contribution in [-0.2, 0) is 4.74 Å². The van der Waals surface area contributed by atoms with Gasteiger partial charge in [0.25, 0.3) is 0 Å². The second-order valence-electron chi connectivity index (χ2n) is 5.28. The molecule has 3 atom stereocenters. The minimum Gasteiger partial charge on any atom is -0.369 e. The van der Waals surface area contributed by atoms with E-state index in [0.29, 0.717) is 5.41 Å². The predicted octanol–water partition coefficient (Wildman–Crippen LogP) is 2.85. The van der Waals surface area contributed by atoms with E-state index < -0.39 is 0 Å². The second-order valence-corrected chi connectivity index (χ2v) is 5.28. The molecule has 0 amide bonds. The topological polar surface area (TPSA) is 12.5 Å². The summed E-state index contributed by atoms with van der Waals surface area (Å²) in [6.45, 7) is 10.5. The van der Waals surface area contributed by atoms with Gasteiger partial charge in [-0.15, -0.1) is 0 Å². The van der Waals surface area contributed by atoms with Crippen LogP contribution in [0.1, 0.15) is 40.5 Å². The Kier molecular flexibility index (Phi) is 1.61. The van der Waals surface area contributed by atoms with Gasteiger partial charge in [-0.1, -0.05) is 27.7 Å². The van der Waals surface area contributed by atoms with Crippen molar-refractivity contribution in [1.29, 1.82) is 0 Å². The highest BCUT2D eigenvalue weighted by atomic mass is 16.6. The quantitative estimate of drug-likeness (QED) is 0.507. The summed E-state index contributed by atoms with van der Waals surface area (Å²) >= 11 is 0. The molecule has 1 aliphatic heterocycles. The maximum absolute atomic E-state index is 5.73. The maximum Gasteiger partial charge on any atom is 0.0994 e. The van der Waals surface area contributed by atoms with Gasteiger partial charge < -0.3 is 4.74 Å². The van der Waals surface area contributed by atoms with Crippen molar-refractivity contribution in [1.82, 2.24) is 0 Å². The molecular weight excluding hydrogens is 148 g/mol. The minimum atomic E-state index is 0.255. The third-order valence-electron chi connectivity index (χ3n) is 4.61. The number of ether oxygens (including phenoxy) is 1. The molecular formula is C11H20O. The Balaban J connectivity index is 2.27. The molecule has 0 bridgehead atoms. The average Bonchev–Trinajstić information content (AvgIpc) is 2.76. The van der Waals surface area contributed by atoms with E-state index in [4.69, 9.17) is 4.74 Å². The largest absolute Gasteiger partial charge is 0.369 e. The van der Waals surface area contributed by atoms with Crippen LogP contribution in [0.25, 0.3) is 0 Å². The Hall–Kier alpha value is -0.0400. The Labute approximate surface area is 75.5 Å². The predicted molar refractivity (Wildman–Crippen MR) is 50.0 cm³/mol. The summed E-state index contributed by atoms with van der Waals surface area (Å²) in [4.78, 5) is 0. The molecule has 2 rings (SSSR count). The number of hydrogen-bond acceptors (Lipinski definition) is 1. The molecule has 0 aromatic carbocycles. The number of rotatable bonds is 0. The summed E-state index contributed by atoms with van der Waals surface area (Å²) in [5.74, 6) is 1.58. The Morgan fingerprint density at radius 1 is 1.08 bits per heavy atom. The first-order valence-electron chi connectivity index (χ1n) is 5.14. The molecule has 1 spiro atoms. The van der Waals surface area contributed by atoms with Gasteiger partial charge in [-0.2, -0.15) is 0 Å². The highest BCUT2D eigenvalue weighted by Crippen LogP contribution is 2.58. The zero-order valence-electron chi connectivity index (χ0n) is 8.68. The van der Waals surface area contributed by atoms with E-state index in [1.807, 2.05) is 0 Å². The van der Waals surface area contributed by atoms with Crippen molar-refractivity contribution in [2.75, 3.05) is 6.61 Å². The third kappa shape index (κ3) is 0.834. The first-order chi connectivity index (χ1) is 5.51. The number of epoxide rings is 1. The minimum absolute atomic E-state index is 0.255. The van der Waals surface area contributed by atoms with Crippen molar-refractivity contribution in [3.8, 4) is 0 Å². The summed E-state index contributed by atoms with van der Waals surface area (Å²) < 4.78 is 5.73. The van der Waals surface area contributed by atoms with Gasteiger partial charge in [0.15, 0.2) is 0 Å². The molecule has 12 heavy (non-hydrogen) atoms. The summed E-state index contributed by atoms with van der Waals surface area (Å²) in [5.41, 5.74) is 0.648. The molecule has 1 aliphatic carbocycles. The van der Waals surface area contributed by atoms with Gasteiger partial charge in [-0.3, -0.25) is 0 Å². The average molecular weight is 168 g/mol. The van der Waals surface area contributed by atoms with Crippen molar-refractivity contribution in [2.24, 2.45) is 17.3 Å². The van der Waals surface area contributed by atoms with E-state index >= 15 is 0 Å². The SMILES string of the molecule is C[C@@H]1CC[C@@H](C)[C@@]2(CO2)C1(C)C. The van der Waals surface area contributed by atoms with Gasteiger partial charge in [-0.25, -0.2) is 0 Å². The normalized spacial score (nSPS) is 51.0. The molecule has 0 unspecified atom stereocenters. The van der Waals surface area contributed by atoms with E-state index in [2.05, 4.69) is 27.7 Å². The van der Waals surface area contributed by atoms with E-state index in [-0.39, 0.29) is 5.60 Å². The smallest absolute Gasteiger partial charge is 0.0994 e. The monoisotopic (exact) mass is 168 g/mol. The van der Waals surface area contributed by atoms with Crippen LogP contribution in [0.5, 0.6) is 0 Å². The summed E-state index contributed by atoms with van der Waals surface area (Å²) in [6, 6.07) is 0. The Morgan fingerprint density at radius 3 is 2.00 bits per heavy atom.